The minimum atomic E-state index is 0.776. The third kappa shape index (κ3) is 1.66. The summed E-state index contributed by atoms with van der Waals surface area (Å²) in [6, 6.07) is 0. The van der Waals surface area contributed by atoms with Crippen LogP contribution in [0.2, 0.25) is 0 Å². The molecule has 1 nitrogen and oxygen atoms in total. The molecule has 0 amide bonds. The van der Waals surface area contributed by atoms with Gasteiger partial charge in [0, 0.05) is 6.21 Å². The van der Waals surface area contributed by atoms with Crippen LogP contribution in [0.25, 0.3) is 0 Å². The Morgan fingerprint density at radius 1 is 1.44 bits per heavy atom. The third-order valence-corrected chi connectivity index (χ3v) is 4.48. The van der Waals surface area contributed by atoms with Gasteiger partial charge in [-0.05, 0) is 60.7 Å². The molecule has 0 aromatic rings. The van der Waals surface area contributed by atoms with Crippen molar-refractivity contribution in [2.24, 2.45) is 16.8 Å². The Labute approximate surface area is 102 Å². The summed E-state index contributed by atoms with van der Waals surface area (Å²) in [5.74, 6) is 1.60. The minimum absolute atomic E-state index is 0.776. The summed E-state index contributed by atoms with van der Waals surface area (Å²) >= 11 is 6.34. The van der Waals surface area contributed by atoms with Crippen molar-refractivity contribution in [3.8, 4) is 0 Å². The number of allylic oxidation sites excluding steroid dienone is 3. The fourth-order valence-electron chi connectivity index (χ4n) is 3.60. The van der Waals surface area contributed by atoms with Gasteiger partial charge in [0.05, 0.1) is 11.6 Å². The van der Waals surface area contributed by atoms with Crippen LogP contribution in [0.4, 0.5) is 0 Å². The number of rotatable bonds is 0. The summed E-state index contributed by atoms with van der Waals surface area (Å²) in [5.41, 5.74) is 4.60. The molecule has 3 rings (SSSR count). The van der Waals surface area contributed by atoms with Crippen LogP contribution >= 0.6 is 11.6 Å². The van der Waals surface area contributed by atoms with E-state index in [0.29, 0.717) is 0 Å². The second-order valence-corrected chi connectivity index (χ2v) is 5.85. The summed E-state index contributed by atoms with van der Waals surface area (Å²) in [5, 5.41) is 0.907. The maximum atomic E-state index is 6.34. The minimum Gasteiger partial charge on any atom is -0.287 e. The first kappa shape index (κ1) is 10.6. The van der Waals surface area contributed by atoms with E-state index in [1.165, 1.54) is 31.3 Å². The number of hydrogen-bond donors (Lipinski definition) is 0. The zero-order valence-electron chi connectivity index (χ0n) is 9.80. The third-order valence-electron chi connectivity index (χ3n) is 4.15. The Kier molecular flexibility index (Phi) is 2.67. The van der Waals surface area contributed by atoms with E-state index in [-0.39, 0.29) is 0 Å². The molecule has 1 fully saturated rings. The molecule has 0 saturated heterocycles. The number of aliphatic imine (C=N–C) groups is 1. The molecule has 2 unspecified atom stereocenters. The second-order valence-electron chi connectivity index (χ2n) is 5.45. The van der Waals surface area contributed by atoms with E-state index in [0.717, 1.165) is 29.8 Å². The van der Waals surface area contributed by atoms with Crippen molar-refractivity contribution in [1.82, 2.24) is 0 Å². The molecule has 0 radical (unpaired) electrons. The molecule has 0 spiro atoms. The highest BCUT2D eigenvalue weighted by molar-refractivity contribution is 6.40. The molecule has 2 atom stereocenters. The van der Waals surface area contributed by atoms with E-state index in [1.807, 2.05) is 6.21 Å². The number of hydrogen-bond acceptors (Lipinski definition) is 1. The molecule has 1 heterocycles. The molecule has 2 heteroatoms. The van der Waals surface area contributed by atoms with Crippen LogP contribution < -0.4 is 0 Å². The first-order valence-electron chi connectivity index (χ1n) is 6.36. The molecule has 0 aromatic heterocycles. The van der Waals surface area contributed by atoms with Crippen LogP contribution in [-0.4, -0.2) is 12.8 Å². The predicted octanol–water partition coefficient (Wildman–Crippen LogP) is 4.09. The summed E-state index contributed by atoms with van der Waals surface area (Å²) in [7, 11) is 0. The van der Waals surface area contributed by atoms with Gasteiger partial charge in [-0.15, -0.1) is 0 Å². The van der Waals surface area contributed by atoms with Crippen molar-refractivity contribution in [3.63, 3.8) is 0 Å². The van der Waals surface area contributed by atoms with E-state index in [9.17, 15) is 0 Å². The molecular formula is C14H18ClN. The van der Waals surface area contributed by atoms with Gasteiger partial charge in [-0.25, -0.2) is 0 Å². The molecule has 1 saturated carbocycles. The number of nitrogens with zero attached hydrogens (tertiary/aromatic N) is 1. The normalized spacial score (nSPS) is 33.9. The lowest BCUT2D eigenvalue weighted by Gasteiger charge is -2.36. The zero-order valence-corrected chi connectivity index (χ0v) is 10.6. The van der Waals surface area contributed by atoms with Crippen LogP contribution in [0.1, 0.15) is 39.0 Å². The van der Waals surface area contributed by atoms with Crippen LogP contribution in [0, 0.1) is 11.8 Å². The Morgan fingerprint density at radius 3 is 3.19 bits per heavy atom. The van der Waals surface area contributed by atoms with Crippen molar-refractivity contribution in [3.05, 3.63) is 21.8 Å². The fraction of sp³-hybridized carbons (Fsp3) is 0.643. The lowest BCUT2D eigenvalue weighted by molar-refractivity contribution is 0.356. The maximum absolute atomic E-state index is 6.34. The molecule has 3 aliphatic rings. The van der Waals surface area contributed by atoms with Crippen molar-refractivity contribution in [2.75, 3.05) is 6.54 Å². The van der Waals surface area contributed by atoms with Gasteiger partial charge in [-0.3, -0.25) is 4.99 Å². The quantitative estimate of drug-likeness (QED) is 0.600. The summed E-state index contributed by atoms with van der Waals surface area (Å²) in [4.78, 5) is 4.46. The van der Waals surface area contributed by atoms with Crippen molar-refractivity contribution in [2.45, 2.75) is 39.0 Å². The van der Waals surface area contributed by atoms with E-state index in [1.54, 1.807) is 11.1 Å². The van der Waals surface area contributed by atoms with Crippen LogP contribution in [0.3, 0.4) is 0 Å². The molecule has 0 aromatic carbocycles. The first-order valence-corrected chi connectivity index (χ1v) is 6.74. The van der Waals surface area contributed by atoms with Gasteiger partial charge in [0.2, 0.25) is 0 Å². The highest BCUT2D eigenvalue weighted by atomic mass is 35.5. The lowest BCUT2D eigenvalue weighted by atomic mass is 9.69. The molecule has 0 N–H and O–H groups in total. The van der Waals surface area contributed by atoms with Gasteiger partial charge in [0.15, 0.2) is 0 Å². The van der Waals surface area contributed by atoms with Crippen LogP contribution in [0.5, 0.6) is 0 Å². The molecule has 86 valence electrons. The topological polar surface area (TPSA) is 12.4 Å². The van der Waals surface area contributed by atoms with Gasteiger partial charge in [0.1, 0.15) is 0 Å². The smallest absolute Gasteiger partial charge is 0.0619 e. The Hall–Kier alpha value is -0.560. The zero-order chi connectivity index (χ0) is 11.1. The average Bonchev–Trinajstić information content (AvgIpc) is 2.41. The van der Waals surface area contributed by atoms with Crippen LogP contribution in [0.15, 0.2) is 26.7 Å². The Bertz CT molecular complexity index is 403. The highest BCUT2D eigenvalue weighted by Gasteiger charge is 2.33. The fourth-order valence-corrected chi connectivity index (χ4v) is 3.87. The van der Waals surface area contributed by atoms with Gasteiger partial charge in [-0.2, -0.15) is 0 Å². The van der Waals surface area contributed by atoms with Gasteiger partial charge in [0.25, 0.3) is 0 Å². The SMILES string of the molecule is CC1CC2=C3C(=C(Cl)C=NC2)CCCC3C1. The molecule has 2 aliphatic carbocycles. The maximum Gasteiger partial charge on any atom is 0.0619 e. The van der Waals surface area contributed by atoms with E-state index < -0.39 is 0 Å². The van der Waals surface area contributed by atoms with Crippen LogP contribution in [-0.2, 0) is 0 Å². The molecule has 0 bridgehead atoms. The summed E-state index contributed by atoms with van der Waals surface area (Å²) in [6.07, 6.45) is 8.28. The van der Waals surface area contributed by atoms with E-state index in [4.69, 9.17) is 11.6 Å². The molecule has 1 aliphatic heterocycles. The second kappa shape index (κ2) is 4.03. The first-order chi connectivity index (χ1) is 7.75. The van der Waals surface area contributed by atoms with Crippen molar-refractivity contribution >= 4 is 17.8 Å². The Morgan fingerprint density at radius 2 is 2.31 bits per heavy atom. The predicted molar refractivity (Wildman–Crippen MR) is 69.0 cm³/mol. The standard InChI is InChI=1S/C14H18ClN/c1-9-5-10-3-2-4-12-13(15)8-16-7-11(6-9)14(10)12/h8-10H,2-7H2,1H3. The Balaban J connectivity index is 2.11. The largest absolute Gasteiger partial charge is 0.287 e. The van der Waals surface area contributed by atoms with Crippen molar-refractivity contribution in [1.29, 1.82) is 0 Å². The number of halogens is 1. The summed E-state index contributed by atoms with van der Waals surface area (Å²) in [6.45, 7) is 3.26. The lowest BCUT2D eigenvalue weighted by Crippen LogP contribution is -2.23. The van der Waals surface area contributed by atoms with Gasteiger partial charge in [-0.1, -0.05) is 18.5 Å². The highest BCUT2D eigenvalue weighted by Crippen LogP contribution is 2.46. The molecule has 16 heavy (non-hydrogen) atoms. The van der Waals surface area contributed by atoms with Gasteiger partial charge >= 0.3 is 0 Å². The van der Waals surface area contributed by atoms with Gasteiger partial charge < -0.3 is 0 Å². The summed E-state index contributed by atoms with van der Waals surface area (Å²) < 4.78 is 0. The van der Waals surface area contributed by atoms with Crippen molar-refractivity contribution < 1.29 is 0 Å². The average molecular weight is 236 g/mol. The molecular weight excluding hydrogens is 218 g/mol. The van der Waals surface area contributed by atoms with E-state index >= 15 is 0 Å². The monoisotopic (exact) mass is 235 g/mol. The van der Waals surface area contributed by atoms with E-state index in [2.05, 4.69) is 11.9 Å².